The van der Waals surface area contributed by atoms with Crippen molar-refractivity contribution in [3.63, 3.8) is 0 Å². The minimum atomic E-state index is -0.198. The van der Waals surface area contributed by atoms with Crippen molar-refractivity contribution in [2.24, 2.45) is 0 Å². The van der Waals surface area contributed by atoms with Crippen LogP contribution in [0, 0.1) is 0 Å². The van der Waals surface area contributed by atoms with Gasteiger partial charge < -0.3 is 10.4 Å². The van der Waals surface area contributed by atoms with E-state index in [0.29, 0.717) is 16.8 Å². The Morgan fingerprint density at radius 1 is 1.48 bits per heavy atom. The third-order valence-corrected chi connectivity index (χ3v) is 4.67. The lowest BCUT2D eigenvalue weighted by Gasteiger charge is -2.07. The van der Waals surface area contributed by atoms with Gasteiger partial charge in [-0.3, -0.25) is 14.2 Å². The Kier molecular flexibility index (Phi) is 6.21. The second kappa shape index (κ2) is 8.16. The van der Waals surface area contributed by atoms with Crippen molar-refractivity contribution in [3.8, 4) is 0 Å². The summed E-state index contributed by atoms with van der Waals surface area (Å²) in [5.74, 6) is 1.48. The first-order valence-corrected chi connectivity index (χ1v) is 8.63. The van der Waals surface area contributed by atoms with Gasteiger partial charge in [0.15, 0.2) is 0 Å². The number of aliphatic hydroxyl groups excluding tert-OH is 1. The normalized spacial score (nSPS) is 10.9. The molecule has 2 N–H and O–H groups in total. The maximum Gasteiger partial charge on any atom is 0.262 e. The molecule has 0 atom stereocenters. The van der Waals surface area contributed by atoms with Gasteiger partial charge in [0.25, 0.3) is 5.56 Å². The quantitative estimate of drug-likeness (QED) is 0.697. The molecular weight excluding hydrogens is 310 g/mol. The lowest BCUT2D eigenvalue weighted by Crippen LogP contribution is -2.33. The van der Waals surface area contributed by atoms with Gasteiger partial charge in [-0.1, -0.05) is 0 Å². The number of aliphatic hydroxyl groups is 1. The number of nitrogens with one attached hydrogen (secondary N) is 1. The summed E-state index contributed by atoms with van der Waals surface area (Å²) in [4.78, 5) is 28.7. The molecule has 2 rings (SSSR count). The predicted octanol–water partition coefficient (Wildman–Crippen LogP) is 0.690. The Labute approximate surface area is 130 Å². The first kappa shape index (κ1) is 16.0. The molecule has 0 saturated carbocycles. The molecule has 0 radical (unpaired) electrons. The van der Waals surface area contributed by atoms with Crippen LogP contribution in [0.5, 0.6) is 0 Å². The van der Waals surface area contributed by atoms with Gasteiger partial charge in [-0.25, -0.2) is 4.98 Å². The minimum Gasteiger partial charge on any atom is -0.396 e. The van der Waals surface area contributed by atoms with Crippen LogP contribution in [0.3, 0.4) is 0 Å². The third-order valence-electron chi connectivity index (χ3n) is 2.78. The fourth-order valence-electron chi connectivity index (χ4n) is 1.75. The number of carbonyl (C=O) groups excluding carboxylic acids is 1. The van der Waals surface area contributed by atoms with Crippen molar-refractivity contribution in [3.05, 3.63) is 28.1 Å². The van der Waals surface area contributed by atoms with Gasteiger partial charge in [-0.05, 0) is 23.6 Å². The Morgan fingerprint density at radius 3 is 3.14 bits per heavy atom. The zero-order valence-corrected chi connectivity index (χ0v) is 13.1. The first-order chi connectivity index (χ1) is 10.2. The molecule has 6 nitrogen and oxygen atoms in total. The predicted molar refractivity (Wildman–Crippen MR) is 85.9 cm³/mol. The van der Waals surface area contributed by atoms with Gasteiger partial charge in [0.05, 0.1) is 11.7 Å². The van der Waals surface area contributed by atoms with Crippen LogP contribution >= 0.6 is 23.1 Å². The number of thiophene rings is 1. The van der Waals surface area contributed by atoms with Crippen LogP contribution in [-0.2, 0) is 11.3 Å². The van der Waals surface area contributed by atoms with Gasteiger partial charge in [-0.15, -0.1) is 11.3 Å². The molecule has 0 bridgehead atoms. The van der Waals surface area contributed by atoms with Crippen molar-refractivity contribution in [1.29, 1.82) is 0 Å². The highest BCUT2D eigenvalue weighted by atomic mass is 32.2. The lowest BCUT2D eigenvalue weighted by molar-refractivity contribution is -0.121. The van der Waals surface area contributed by atoms with E-state index in [1.807, 2.05) is 5.38 Å². The summed E-state index contributed by atoms with van der Waals surface area (Å²) in [5.41, 5.74) is -0.186. The molecule has 0 spiro atoms. The highest BCUT2D eigenvalue weighted by molar-refractivity contribution is 7.99. The van der Waals surface area contributed by atoms with E-state index in [9.17, 15) is 9.59 Å². The minimum absolute atomic E-state index is 0.0150. The molecule has 2 aromatic rings. The van der Waals surface area contributed by atoms with Crippen LogP contribution < -0.4 is 10.9 Å². The molecule has 8 heteroatoms. The lowest BCUT2D eigenvalue weighted by atomic mass is 10.4. The molecule has 114 valence electrons. The molecule has 0 unspecified atom stereocenters. The molecule has 0 fully saturated rings. The maximum absolute atomic E-state index is 12.1. The Hall–Kier alpha value is -1.38. The summed E-state index contributed by atoms with van der Waals surface area (Å²) in [6, 6.07) is 1.72. The zero-order chi connectivity index (χ0) is 15.1. The Morgan fingerprint density at radius 2 is 2.33 bits per heavy atom. The first-order valence-electron chi connectivity index (χ1n) is 6.60. The van der Waals surface area contributed by atoms with E-state index in [4.69, 9.17) is 5.11 Å². The largest absolute Gasteiger partial charge is 0.396 e. The molecular formula is C13H17N3O3S2. The zero-order valence-electron chi connectivity index (χ0n) is 11.4. The van der Waals surface area contributed by atoms with E-state index < -0.39 is 0 Å². The number of thioether (sulfide) groups is 1. The van der Waals surface area contributed by atoms with Crippen molar-refractivity contribution >= 4 is 39.2 Å². The molecule has 0 aliphatic carbocycles. The fourth-order valence-corrected chi connectivity index (χ4v) is 3.25. The van der Waals surface area contributed by atoms with Crippen LogP contribution in [0.2, 0.25) is 0 Å². The number of hydrogen-bond donors (Lipinski definition) is 2. The summed E-state index contributed by atoms with van der Waals surface area (Å²) in [5, 5.41) is 13.8. The maximum atomic E-state index is 12.1. The van der Waals surface area contributed by atoms with Crippen molar-refractivity contribution in [2.75, 3.05) is 24.7 Å². The van der Waals surface area contributed by atoms with E-state index in [1.54, 1.807) is 17.8 Å². The van der Waals surface area contributed by atoms with E-state index in [2.05, 4.69) is 10.3 Å². The fraction of sp³-hybridized carbons (Fsp3) is 0.462. The average molecular weight is 327 g/mol. The van der Waals surface area contributed by atoms with Gasteiger partial charge >= 0.3 is 0 Å². The Bertz CT molecular complexity index is 653. The summed E-state index contributed by atoms with van der Waals surface area (Å²) in [7, 11) is 0. The number of fused-ring (bicyclic) bond motifs is 1. The van der Waals surface area contributed by atoms with E-state index in [1.165, 1.54) is 22.2 Å². The van der Waals surface area contributed by atoms with Crippen LogP contribution in [0.4, 0.5) is 0 Å². The number of amides is 1. The number of rotatable bonds is 8. The molecule has 0 saturated heterocycles. The van der Waals surface area contributed by atoms with Crippen LogP contribution in [0.15, 0.2) is 22.6 Å². The number of aromatic nitrogens is 2. The SMILES string of the molecule is O=C(Cn1cnc2sccc2c1=O)NCCSCCCO. The topological polar surface area (TPSA) is 84.2 Å². The number of hydrogen-bond acceptors (Lipinski definition) is 6. The highest BCUT2D eigenvalue weighted by Gasteiger charge is 2.08. The van der Waals surface area contributed by atoms with Crippen LogP contribution in [0.25, 0.3) is 10.2 Å². The van der Waals surface area contributed by atoms with Gasteiger partial charge in [0.1, 0.15) is 11.4 Å². The Balaban J connectivity index is 1.81. The average Bonchev–Trinajstić information content (AvgIpc) is 2.95. The van der Waals surface area contributed by atoms with Crippen molar-refractivity contribution in [2.45, 2.75) is 13.0 Å². The van der Waals surface area contributed by atoms with Crippen LogP contribution in [-0.4, -0.2) is 45.2 Å². The third kappa shape index (κ3) is 4.55. The van der Waals surface area contributed by atoms with E-state index in [-0.39, 0.29) is 24.6 Å². The second-order valence-electron chi connectivity index (χ2n) is 4.36. The standard InChI is InChI=1S/C13H17N3O3S2/c17-4-1-5-20-7-3-14-11(18)8-16-9-15-12-10(13(16)19)2-6-21-12/h2,6,9,17H,1,3-5,7-8H2,(H,14,18). The molecule has 2 heterocycles. The summed E-state index contributed by atoms with van der Waals surface area (Å²) in [6.07, 6.45) is 2.18. The van der Waals surface area contributed by atoms with E-state index in [0.717, 1.165) is 17.9 Å². The molecule has 1 amide bonds. The van der Waals surface area contributed by atoms with Crippen LogP contribution in [0.1, 0.15) is 6.42 Å². The second-order valence-corrected chi connectivity index (χ2v) is 6.48. The summed E-state index contributed by atoms with van der Waals surface area (Å²) >= 11 is 3.08. The summed E-state index contributed by atoms with van der Waals surface area (Å²) < 4.78 is 1.32. The monoisotopic (exact) mass is 327 g/mol. The molecule has 0 aromatic carbocycles. The van der Waals surface area contributed by atoms with E-state index >= 15 is 0 Å². The van der Waals surface area contributed by atoms with Gasteiger partial charge in [0, 0.05) is 18.9 Å². The molecule has 2 aromatic heterocycles. The number of carbonyl (C=O) groups is 1. The highest BCUT2D eigenvalue weighted by Crippen LogP contribution is 2.13. The van der Waals surface area contributed by atoms with Crippen molar-refractivity contribution in [1.82, 2.24) is 14.9 Å². The van der Waals surface area contributed by atoms with Crippen molar-refractivity contribution < 1.29 is 9.90 Å². The molecule has 0 aliphatic heterocycles. The summed E-state index contributed by atoms with van der Waals surface area (Å²) in [6.45, 7) is 0.733. The van der Waals surface area contributed by atoms with Gasteiger partial charge in [-0.2, -0.15) is 11.8 Å². The van der Waals surface area contributed by atoms with Gasteiger partial charge in [0.2, 0.25) is 5.91 Å². The molecule has 21 heavy (non-hydrogen) atoms. The molecule has 0 aliphatic rings. The number of nitrogens with zero attached hydrogens (tertiary/aromatic N) is 2. The smallest absolute Gasteiger partial charge is 0.262 e.